The third-order valence-electron chi connectivity index (χ3n) is 3.77. The van der Waals surface area contributed by atoms with Crippen LogP contribution >= 0.6 is 11.6 Å². The van der Waals surface area contributed by atoms with Crippen LogP contribution in [0.1, 0.15) is 50.6 Å². The summed E-state index contributed by atoms with van der Waals surface area (Å²) in [5.41, 5.74) is 1.20. The van der Waals surface area contributed by atoms with Crippen molar-refractivity contribution in [2.45, 2.75) is 45.1 Å². The van der Waals surface area contributed by atoms with Crippen LogP contribution in [-0.4, -0.2) is 13.7 Å². The summed E-state index contributed by atoms with van der Waals surface area (Å²) in [5.74, 6) is 1.89. The van der Waals surface area contributed by atoms with Crippen LogP contribution in [0.2, 0.25) is 5.02 Å². The highest BCUT2D eigenvalue weighted by Crippen LogP contribution is 2.38. The Balaban J connectivity index is 2.11. The highest BCUT2D eigenvalue weighted by molar-refractivity contribution is 6.30. The fraction of sp³-hybridized carbons (Fsp3) is 0.625. The largest absolute Gasteiger partial charge is 0.496 e. The first-order chi connectivity index (χ1) is 9.24. The van der Waals surface area contributed by atoms with Gasteiger partial charge in [0.1, 0.15) is 5.75 Å². The van der Waals surface area contributed by atoms with Gasteiger partial charge >= 0.3 is 0 Å². The minimum Gasteiger partial charge on any atom is -0.496 e. The normalized spacial score (nSPS) is 16.4. The summed E-state index contributed by atoms with van der Waals surface area (Å²) >= 11 is 6.14. The number of halogens is 1. The van der Waals surface area contributed by atoms with Gasteiger partial charge in [-0.05, 0) is 49.9 Å². The average Bonchev–Trinajstić information content (AvgIpc) is 3.23. The second kappa shape index (κ2) is 7.16. The van der Waals surface area contributed by atoms with Gasteiger partial charge in [-0.25, -0.2) is 0 Å². The predicted molar refractivity (Wildman–Crippen MR) is 81.0 cm³/mol. The summed E-state index contributed by atoms with van der Waals surface area (Å²) in [7, 11) is 1.73. The Morgan fingerprint density at radius 2 is 2.21 bits per heavy atom. The van der Waals surface area contributed by atoms with Crippen LogP contribution in [0.5, 0.6) is 5.75 Å². The Bertz CT molecular complexity index is 404. The van der Waals surface area contributed by atoms with E-state index in [2.05, 4.69) is 12.2 Å². The summed E-state index contributed by atoms with van der Waals surface area (Å²) in [6.07, 6.45) is 6.43. The molecule has 0 radical (unpaired) electrons. The summed E-state index contributed by atoms with van der Waals surface area (Å²) in [5, 5.41) is 4.42. The third-order valence-corrected chi connectivity index (χ3v) is 4.00. The van der Waals surface area contributed by atoms with E-state index in [9.17, 15) is 0 Å². The number of hydrogen-bond acceptors (Lipinski definition) is 2. The lowest BCUT2D eigenvalue weighted by Gasteiger charge is -2.21. The Morgan fingerprint density at radius 1 is 1.42 bits per heavy atom. The standard InChI is InChI=1S/C16H24ClNO/c1-3-10-18-15(8-6-12-4-5-12)14-11-13(17)7-9-16(14)19-2/h7,9,11-12,15,18H,3-6,8,10H2,1-2H3. The van der Waals surface area contributed by atoms with Crippen LogP contribution in [0.3, 0.4) is 0 Å². The zero-order chi connectivity index (χ0) is 13.7. The van der Waals surface area contributed by atoms with E-state index in [0.717, 1.165) is 29.7 Å². The van der Waals surface area contributed by atoms with Gasteiger partial charge < -0.3 is 10.1 Å². The van der Waals surface area contributed by atoms with Crippen molar-refractivity contribution in [3.05, 3.63) is 28.8 Å². The smallest absolute Gasteiger partial charge is 0.123 e. The molecule has 1 aromatic carbocycles. The molecule has 1 aliphatic carbocycles. The third kappa shape index (κ3) is 4.39. The summed E-state index contributed by atoms with van der Waals surface area (Å²) in [4.78, 5) is 0. The number of methoxy groups -OCH3 is 1. The van der Waals surface area contributed by atoms with Crippen LogP contribution in [0.4, 0.5) is 0 Å². The quantitative estimate of drug-likeness (QED) is 0.753. The molecule has 19 heavy (non-hydrogen) atoms. The molecule has 1 aromatic rings. The van der Waals surface area contributed by atoms with E-state index in [4.69, 9.17) is 16.3 Å². The minimum atomic E-state index is 0.356. The number of nitrogens with one attached hydrogen (secondary N) is 1. The lowest BCUT2D eigenvalue weighted by Crippen LogP contribution is -2.22. The maximum atomic E-state index is 6.14. The molecule has 0 heterocycles. The molecule has 0 amide bonds. The molecule has 2 nitrogen and oxygen atoms in total. The van der Waals surface area contributed by atoms with Gasteiger partial charge in [-0.15, -0.1) is 0 Å². The average molecular weight is 282 g/mol. The molecular formula is C16H24ClNO. The maximum Gasteiger partial charge on any atom is 0.123 e. The number of benzene rings is 1. The molecule has 1 unspecified atom stereocenters. The predicted octanol–water partition coefficient (Wildman–Crippen LogP) is 4.58. The molecule has 2 rings (SSSR count). The molecule has 1 atom stereocenters. The Hall–Kier alpha value is -0.730. The van der Waals surface area contributed by atoms with Crippen molar-refractivity contribution in [2.75, 3.05) is 13.7 Å². The molecule has 0 bridgehead atoms. The minimum absolute atomic E-state index is 0.356. The first-order valence-electron chi connectivity index (χ1n) is 7.31. The SMILES string of the molecule is CCCNC(CCC1CC1)c1cc(Cl)ccc1OC. The summed E-state index contributed by atoms with van der Waals surface area (Å²) in [6.45, 7) is 3.23. The van der Waals surface area contributed by atoms with Crippen LogP contribution in [-0.2, 0) is 0 Å². The van der Waals surface area contributed by atoms with Crippen LogP contribution in [0, 0.1) is 5.92 Å². The van der Waals surface area contributed by atoms with Crippen molar-refractivity contribution in [3.63, 3.8) is 0 Å². The van der Waals surface area contributed by atoms with Crippen LogP contribution in [0.25, 0.3) is 0 Å². The number of rotatable bonds is 8. The molecule has 1 saturated carbocycles. The zero-order valence-electron chi connectivity index (χ0n) is 11.9. The summed E-state index contributed by atoms with van der Waals surface area (Å²) < 4.78 is 5.49. The van der Waals surface area contributed by atoms with Gasteiger partial charge in [-0.1, -0.05) is 31.4 Å². The fourth-order valence-electron chi connectivity index (χ4n) is 2.47. The molecule has 106 valence electrons. The molecule has 0 aromatic heterocycles. The lowest BCUT2D eigenvalue weighted by molar-refractivity contribution is 0.391. The van der Waals surface area contributed by atoms with Crippen molar-refractivity contribution in [1.82, 2.24) is 5.32 Å². The highest BCUT2D eigenvalue weighted by atomic mass is 35.5. The number of ether oxygens (including phenoxy) is 1. The van der Waals surface area contributed by atoms with Gasteiger partial charge in [0.05, 0.1) is 7.11 Å². The van der Waals surface area contributed by atoms with Crippen molar-refractivity contribution >= 4 is 11.6 Å². The van der Waals surface area contributed by atoms with Crippen molar-refractivity contribution in [1.29, 1.82) is 0 Å². The monoisotopic (exact) mass is 281 g/mol. The van der Waals surface area contributed by atoms with E-state index < -0.39 is 0 Å². The molecule has 3 heteroatoms. The van der Waals surface area contributed by atoms with Gasteiger partial charge in [0.15, 0.2) is 0 Å². The van der Waals surface area contributed by atoms with E-state index >= 15 is 0 Å². The van der Waals surface area contributed by atoms with E-state index in [0.29, 0.717) is 6.04 Å². The maximum absolute atomic E-state index is 6.14. The first-order valence-corrected chi connectivity index (χ1v) is 7.69. The zero-order valence-corrected chi connectivity index (χ0v) is 12.7. The van der Waals surface area contributed by atoms with Crippen LogP contribution < -0.4 is 10.1 Å². The van der Waals surface area contributed by atoms with Crippen LogP contribution in [0.15, 0.2) is 18.2 Å². The second-order valence-corrected chi connectivity index (χ2v) is 5.85. The molecule has 0 aliphatic heterocycles. The van der Waals surface area contributed by atoms with Crippen molar-refractivity contribution < 1.29 is 4.74 Å². The second-order valence-electron chi connectivity index (χ2n) is 5.41. The molecule has 0 saturated heterocycles. The fourth-order valence-corrected chi connectivity index (χ4v) is 2.65. The topological polar surface area (TPSA) is 21.3 Å². The molecule has 1 aliphatic rings. The van der Waals surface area contributed by atoms with E-state index in [1.807, 2.05) is 18.2 Å². The van der Waals surface area contributed by atoms with Crippen molar-refractivity contribution in [3.8, 4) is 5.75 Å². The number of hydrogen-bond donors (Lipinski definition) is 1. The molecule has 1 fully saturated rings. The molecular weight excluding hydrogens is 258 g/mol. The van der Waals surface area contributed by atoms with Crippen molar-refractivity contribution in [2.24, 2.45) is 5.92 Å². The van der Waals surface area contributed by atoms with E-state index in [1.54, 1.807) is 7.11 Å². The van der Waals surface area contributed by atoms with Gasteiger partial charge in [-0.2, -0.15) is 0 Å². The molecule has 0 spiro atoms. The Morgan fingerprint density at radius 3 is 2.84 bits per heavy atom. The summed E-state index contributed by atoms with van der Waals surface area (Å²) in [6, 6.07) is 6.26. The van der Waals surface area contributed by atoms with Gasteiger partial charge in [-0.3, -0.25) is 0 Å². The highest BCUT2D eigenvalue weighted by Gasteiger charge is 2.24. The first kappa shape index (κ1) is 14.7. The molecule has 1 N–H and O–H groups in total. The van der Waals surface area contributed by atoms with E-state index in [-0.39, 0.29) is 0 Å². The Kier molecular flexibility index (Phi) is 5.53. The lowest BCUT2D eigenvalue weighted by atomic mass is 9.99. The van der Waals surface area contributed by atoms with E-state index in [1.165, 1.54) is 31.2 Å². The van der Waals surface area contributed by atoms with Gasteiger partial charge in [0.2, 0.25) is 0 Å². The van der Waals surface area contributed by atoms with Gasteiger partial charge in [0, 0.05) is 16.6 Å². The Labute approximate surface area is 121 Å². The van der Waals surface area contributed by atoms with Gasteiger partial charge in [0.25, 0.3) is 0 Å².